The molecule has 2 aromatic carbocycles. The molecule has 50 heavy (non-hydrogen) atoms. The van der Waals surface area contributed by atoms with Gasteiger partial charge in [-0.25, -0.2) is 13.8 Å². The molecule has 1 saturated carbocycles. The molecular formula is C35H42FN2O11P. The SMILES string of the molecule is C[C@H](NP(=O)(OC[C@@]1(F)O[C@@H](C2C=CC(=O)NC2=O)[C@](C)(OC(=O)OCc2ccccc2)[C@@H]1C)Oc1ccccc1)C(=O)OC1CCCCC1. The largest absolute Gasteiger partial charge is 0.509 e. The molecule has 13 nitrogen and oxygen atoms in total. The van der Waals surface area contributed by atoms with Gasteiger partial charge in [-0.3, -0.25) is 24.2 Å². The Morgan fingerprint density at radius 2 is 1.72 bits per heavy atom. The third-order valence-electron chi connectivity index (χ3n) is 9.17. The molecule has 2 aromatic rings. The molecule has 2 aliphatic heterocycles. The highest BCUT2D eigenvalue weighted by molar-refractivity contribution is 7.52. The Morgan fingerprint density at radius 1 is 1.06 bits per heavy atom. The lowest BCUT2D eigenvalue weighted by molar-refractivity contribution is -0.181. The predicted molar refractivity (Wildman–Crippen MR) is 176 cm³/mol. The second-order valence-corrected chi connectivity index (χ2v) is 14.5. The third kappa shape index (κ3) is 8.97. The minimum atomic E-state index is -4.55. The number of benzene rings is 2. The summed E-state index contributed by atoms with van der Waals surface area (Å²) in [6.45, 7) is 2.95. The molecule has 2 N–H and O–H groups in total. The Morgan fingerprint density at radius 3 is 2.38 bits per heavy atom. The number of carbonyl (C=O) groups is 4. The zero-order chi connectivity index (χ0) is 35.9. The van der Waals surface area contributed by atoms with E-state index in [1.54, 1.807) is 48.5 Å². The first kappa shape index (κ1) is 37.2. The number of rotatable bonds is 13. The molecule has 1 saturated heterocycles. The van der Waals surface area contributed by atoms with Crippen LogP contribution in [0.3, 0.4) is 0 Å². The van der Waals surface area contributed by atoms with E-state index in [0.29, 0.717) is 5.56 Å². The van der Waals surface area contributed by atoms with Crippen LogP contribution in [0.5, 0.6) is 5.75 Å². The van der Waals surface area contributed by atoms with E-state index in [1.807, 2.05) is 0 Å². The van der Waals surface area contributed by atoms with Gasteiger partial charge < -0.3 is 23.5 Å². The van der Waals surface area contributed by atoms with Crippen molar-refractivity contribution < 1.29 is 56.1 Å². The van der Waals surface area contributed by atoms with Crippen molar-refractivity contribution >= 4 is 31.7 Å². The summed E-state index contributed by atoms with van der Waals surface area (Å²) in [6, 6.07) is 15.6. The first-order valence-corrected chi connectivity index (χ1v) is 18.1. The average molecular weight is 717 g/mol. The van der Waals surface area contributed by atoms with Gasteiger partial charge in [-0.05, 0) is 57.2 Å². The van der Waals surface area contributed by atoms with E-state index in [0.717, 1.165) is 38.2 Å². The fourth-order valence-corrected chi connectivity index (χ4v) is 7.66. The molecule has 270 valence electrons. The van der Waals surface area contributed by atoms with Crippen LogP contribution in [0.2, 0.25) is 0 Å². The normalized spacial score (nSPS) is 28.6. The van der Waals surface area contributed by atoms with E-state index in [4.69, 9.17) is 28.0 Å². The van der Waals surface area contributed by atoms with Crippen LogP contribution in [0, 0.1) is 11.8 Å². The summed E-state index contributed by atoms with van der Waals surface area (Å²) in [7, 11) is -4.55. The Labute approximate surface area is 289 Å². The van der Waals surface area contributed by atoms with Gasteiger partial charge in [-0.2, -0.15) is 5.09 Å². The molecule has 3 aliphatic rings. The van der Waals surface area contributed by atoms with Gasteiger partial charge >= 0.3 is 19.9 Å². The number of halogens is 1. The monoisotopic (exact) mass is 716 g/mol. The first-order valence-electron chi connectivity index (χ1n) is 16.6. The number of alkyl halides is 1. The van der Waals surface area contributed by atoms with Gasteiger partial charge in [0.15, 0.2) is 0 Å². The number of para-hydroxylation sites is 1. The minimum Gasteiger partial charge on any atom is -0.461 e. The highest BCUT2D eigenvalue weighted by atomic mass is 31.2. The third-order valence-corrected chi connectivity index (χ3v) is 10.8. The van der Waals surface area contributed by atoms with Gasteiger partial charge in [-0.15, -0.1) is 0 Å². The smallest absolute Gasteiger partial charge is 0.461 e. The standard InChI is InChI=1S/C35H42FN2O11P/c1-23(32(41)46-26-15-9-5-10-16-26)38-50(43,49-27-17-11-6-12-18-27)45-22-35(36)24(2)34(3,30(47-35)28-19-20-29(39)37-31(28)40)48-33(42)44-21-25-13-7-4-8-14-25/h4,6-8,11-14,17-20,23-24,26,28,30H,5,9-10,15-16,21-22H2,1-3H3,(H,38,43)(H,37,39,40)/t23-,24-,28?,30-,34+,35+,50?/m0/s1. The minimum absolute atomic E-state index is 0.102. The number of hydrogen-bond acceptors (Lipinski definition) is 11. The average Bonchev–Trinajstić information content (AvgIpc) is 3.28. The molecule has 0 aromatic heterocycles. The summed E-state index contributed by atoms with van der Waals surface area (Å²) in [5.74, 6) is -7.57. The lowest BCUT2D eigenvalue weighted by Gasteiger charge is -2.35. The second kappa shape index (κ2) is 15.8. The molecule has 2 unspecified atom stereocenters. The Kier molecular flexibility index (Phi) is 11.8. The van der Waals surface area contributed by atoms with E-state index in [2.05, 4.69) is 10.4 Å². The summed E-state index contributed by atoms with van der Waals surface area (Å²) in [6.07, 6.45) is 3.74. The first-order chi connectivity index (χ1) is 23.8. The van der Waals surface area contributed by atoms with Crippen molar-refractivity contribution in [3.05, 3.63) is 78.4 Å². The van der Waals surface area contributed by atoms with Crippen molar-refractivity contribution in [2.24, 2.45) is 11.8 Å². The van der Waals surface area contributed by atoms with Gasteiger partial charge in [0.25, 0.3) is 0 Å². The summed E-state index contributed by atoms with van der Waals surface area (Å²) >= 11 is 0. The van der Waals surface area contributed by atoms with Crippen molar-refractivity contribution in [1.29, 1.82) is 0 Å². The van der Waals surface area contributed by atoms with Crippen molar-refractivity contribution in [2.75, 3.05) is 6.61 Å². The Balaban J connectivity index is 1.36. The number of nitrogens with one attached hydrogen (secondary N) is 2. The number of ether oxygens (including phenoxy) is 4. The predicted octanol–water partition coefficient (Wildman–Crippen LogP) is 5.69. The van der Waals surface area contributed by atoms with Gasteiger partial charge in [0, 0.05) is 6.08 Å². The van der Waals surface area contributed by atoms with Gasteiger partial charge in [0.2, 0.25) is 17.7 Å². The quantitative estimate of drug-likeness (QED) is 0.148. The molecule has 0 spiro atoms. The van der Waals surface area contributed by atoms with E-state index >= 15 is 4.39 Å². The van der Waals surface area contributed by atoms with Crippen molar-refractivity contribution in [2.45, 2.75) is 89.2 Å². The van der Waals surface area contributed by atoms with E-state index < -0.39 is 73.7 Å². The fraction of sp³-hybridized carbons (Fsp3) is 0.486. The molecule has 1 aliphatic carbocycles. The summed E-state index contributed by atoms with van der Waals surface area (Å²) in [5.41, 5.74) is -1.21. The van der Waals surface area contributed by atoms with Gasteiger partial charge in [0.1, 0.15) is 42.8 Å². The molecule has 7 atom stereocenters. The molecule has 2 amide bonds. The van der Waals surface area contributed by atoms with Crippen LogP contribution >= 0.6 is 7.75 Å². The number of carbonyl (C=O) groups excluding carboxylic acids is 4. The van der Waals surface area contributed by atoms with Gasteiger partial charge in [-0.1, -0.05) is 68.0 Å². The summed E-state index contributed by atoms with van der Waals surface area (Å²) in [4.78, 5) is 50.8. The lowest BCUT2D eigenvalue weighted by Crippen LogP contribution is -2.53. The lowest BCUT2D eigenvalue weighted by atomic mass is 9.78. The van der Waals surface area contributed by atoms with Crippen LogP contribution in [0.15, 0.2) is 72.8 Å². The van der Waals surface area contributed by atoms with E-state index in [1.165, 1.54) is 39.0 Å². The van der Waals surface area contributed by atoms with Crippen molar-refractivity contribution in [3.63, 3.8) is 0 Å². The zero-order valence-corrected chi connectivity index (χ0v) is 29.0. The molecule has 0 radical (unpaired) electrons. The van der Waals surface area contributed by atoms with Crippen LogP contribution in [-0.4, -0.2) is 60.3 Å². The summed E-state index contributed by atoms with van der Waals surface area (Å²) in [5, 5.41) is 4.70. The van der Waals surface area contributed by atoms with Crippen molar-refractivity contribution in [3.8, 4) is 5.75 Å². The van der Waals surface area contributed by atoms with Gasteiger partial charge in [0.05, 0.1) is 11.8 Å². The van der Waals surface area contributed by atoms with E-state index in [9.17, 15) is 23.7 Å². The Bertz CT molecular complexity index is 1610. The molecule has 0 bridgehead atoms. The number of esters is 1. The molecule has 2 heterocycles. The fourth-order valence-electron chi connectivity index (χ4n) is 6.15. The van der Waals surface area contributed by atoms with Crippen LogP contribution in [0.1, 0.15) is 58.4 Å². The maximum Gasteiger partial charge on any atom is 0.509 e. The zero-order valence-electron chi connectivity index (χ0n) is 28.1. The van der Waals surface area contributed by atoms with Crippen LogP contribution in [0.25, 0.3) is 0 Å². The number of imide groups is 1. The molecule has 15 heteroatoms. The van der Waals surface area contributed by atoms with Crippen LogP contribution in [0.4, 0.5) is 9.18 Å². The Hall–Kier alpha value is -4.10. The number of amides is 2. The number of hydrogen-bond donors (Lipinski definition) is 2. The summed E-state index contributed by atoms with van der Waals surface area (Å²) < 4.78 is 65.1. The van der Waals surface area contributed by atoms with Crippen LogP contribution < -0.4 is 14.9 Å². The molecule has 5 rings (SSSR count). The van der Waals surface area contributed by atoms with E-state index in [-0.39, 0.29) is 18.5 Å². The maximum absolute atomic E-state index is 17.1. The molecular weight excluding hydrogens is 674 g/mol. The topological polar surface area (TPSA) is 165 Å². The van der Waals surface area contributed by atoms with Crippen LogP contribution in [-0.2, 0) is 49.0 Å². The second-order valence-electron chi connectivity index (χ2n) is 12.8. The highest BCUT2D eigenvalue weighted by Gasteiger charge is 2.66. The molecule has 2 fully saturated rings. The highest BCUT2D eigenvalue weighted by Crippen LogP contribution is 2.53. The van der Waals surface area contributed by atoms with Crippen molar-refractivity contribution in [1.82, 2.24) is 10.4 Å². The maximum atomic E-state index is 17.1.